The van der Waals surface area contributed by atoms with Crippen molar-refractivity contribution in [3.8, 4) is 5.75 Å². The molecule has 0 aliphatic heterocycles. The number of benzene rings is 2. The van der Waals surface area contributed by atoms with Gasteiger partial charge >= 0.3 is 5.69 Å². The Morgan fingerprint density at radius 1 is 1.24 bits per heavy atom. The normalized spacial score (nSPS) is 11.8. The molecule has 6 heteroatoms. The number of methoxy groups -OCH3 is 1. The molecule has 21 heavy (non-hydrogen) atoms. The summed E-state index contributed by atoms with van der Waals surface area (Å²) < 4.78 is 18.4. The van der Waals surface area contributed by atoms with Crippen LogP contribution in [0.2, 0.25) is 0 Å². The molecule has 0 saturated heterocycles. The summed E-state index contributed by atoms with van der Waals surface area (Å²) in [7, 11) is 1.59. The fourth-order valence-electron chi connectivity index (χ4n) is 1.97. The van der Waals surface area contributed by atoms with Crippen molar-refractivity contribution in [1.82, 2.24) is 0 Å². The highest BCUT2D eigenvalue weighted by atomic mass is 19.1. The summed E-state index contributed by atoms with van der Waals surface area (Å²) in [5.74, 6) is -0.0916. The molecular formula is C15H15FN2O3. The number of ether oxygens (including phenoxy) is 1. The molecule has 1 atom stereocenters. The summed E-state index contributed by atoms with van der Waals surface area (Å²) in [6.45, 7) is 1.91. The third-order valence-electron chi connectivity index (χ3n) is 3.14. The Bertz CT molecular complexity index is 644. The maximum atomic E-state index is 13.3. The van der Waals surface area contributed by atoms with Gasteiger partial charge in [0, 0.05) is 17.8 Å². The molecule has 0 heterocycles. The molecule has 2 rings (SSSR count). The third-order valence-corrected chi connectivity index (χ3v) is 3.14. The lowest BCUT2D eigenvalue weighted by Gasteiger charge is -2.16. The van der Waals surface area contributed by atoms with Crippen LogP contribution in [-0.4, -0.2) is 12.0 Å². The van der Waals surface area contributed by atoms with Gasteiger partial charge in [-0.25, -0.2) is 0 Å². The molecule has 0 spiro atoms. The molecule has 0 amide bonds. The Balaban J connectivity index is 2.16. The van der Waals surface area contributed by atoms with Crippen LogP contribution in [0.1, 0.15) is 18.5 Å². The minimum absolute atomic E-state index is 0.0824. The van der Waals surface area contributed by atoms with Crippen LogP contribution < -0.4 is 10.1 Å². The average molecular weight is 290 g/mol. The van der Waals surface area contributed by atoms with Gasteiger partial charge in [0.1, 0.15) is 5.75 Å². The zero-order chi connectivity index (χ0) is 15.4. The fourth-order valence-corrected chi connectivity index (χ4v) is 1.97. The first kappa shape index (κ1) is 14.8. The smallest absolute Gasteiger partial charge is 0.306 e. The van der Waals surface area contributed by atoms with Crippen LogP contribution in [0.15, 0.2) is 42.5 Å². The zero-order valence-corrected chi connectivity index (χ0v) is 11.7. The summed E-state index contributed by atoms with van der Waals surface area (Å²) in [6.07, 6.45) is 0. The van der Waals surface area contributed by atoms with Crippen LogP contribution in [0, 0.1) is 15.9 Å². The van der Waals surface area contributed by atoms with E-state index in [9.17, 15) is 14.5 Å². The van der Waals surface area contributed by atoms with E-state index in [0.29, 0.717) is 5.69 Å². The molecule has 5 nitrogen and oxygen atoms in total. The maximum Gasteiger partial charge on any atom is 0.306 e. The van der Waals surface area contributed by atoms with Gasteiger partial charge in [-0.05, 0) is 36.8 Å². The van der Waals surface area contributed by atoms with Crippen LogP contribution in [0.5, 0.6) is 5.75 Å². The third kappa shape index (κ3) is 3.47. The van der Waals surface area contributed by atoms with Crippen LogP contribution >= 0.6 is 0 Å². The highest BCUT2D eigenvalue weighted by Crippen LogP contribution is 2.26. The lowest BCUT2D eigenvalue weighted by atomic mass is 10.1. The average Bonchev–Trinajstić information content (AvgIpc) is 2.49. The monoisotopic (exact) mass is 290 g/mol. The highest BCUT2D eigenvalue weighted by molar-refractivity contribution is 5.53. The van der Waals surface area contributed by atoms with Gasteiger partial charge in [0.2, 0.25) is 5.82 Å². The van der Waals surface area contributed by atoms with Crippen molar-refractivity contribution in [2.75, 3.05) is 12.4 Å². The van der Waals surface area contributed by atoms with Crippen molar-refractivity contribution in [2.24, 2.45) is 0 Å². The molecule has 0 radical (unpaired) electrons. The number of hydrogen-bond acceptors (Lipinski definition) is 4. The quantitative estimate of drug-likeness (QED) is 0.669. The SMILES string of the molecule is COc1ccc(C(C)Nc2ccc(F)c([N+](=O)[O-])c2)cc1. The van der Waals surface area contributed by atoms with E-state index in [0.717, 1.165) is 17.4 Å². The van der Waals surface area contributed by atoms with Crippen molar-refractivity contribution >= 4 is 11.4 Å². The second-order valence-electron chi connectivity index (χ2n) is 4.56. The highest BCUT2D eigenvalue weighted by Gasteiger charge is 2.15. The van der Waals surface area contributed by atoms with Crippen molar-refractivity contribution in [1.29, 1.82) is 0 Å². The Labute approximate surface area is 121 Å². The number of nitrogens with one attached hydrogen (secondary N) is 1. The molecule has 0 aromatic heterocycles. The van der Waals surface area contributed by atoms with Crippen molar-refractivity contribution in [2.45, 2.75) is 13.0 Å². The summed E-state index contributed by atoms with van der Waals surface area (Å²) >= 11 is 0. The van der Waals surface area contributed by atoms with Gasteiger partial charge in [0.05, 0.1) is 12.0 Å². The van der Waals surface area contributed by atoms with E-state index < -0.39 is 16.4 Å². The Morgan fingerprint density at radius 2 is 1.90 bits per heavy atom. The van der Waals surface area contributed by atoms with Crippen molar-refractivity contribution in [3.63, 3.8) is 0 Å². The zero-order valence-electron chi connectivity index (χ0n) is 11.7. The molecule has 0 aliphatic carbocycles. The van der Waals surface area contributed by atoms with E-state index in [2.05, 4.69) is 5.32 Å². The number of nitrogens with zero attached hydrogens (tertiary/aromatic N) is 1. The molecule has 1 unspecified atom stereocenters. The summed E-state index contributed by atoms with van der Waals surface area (Å²) in [4.78, 5) is 9.99. The number of hydrogen-bond donors (Lipinski definition) is 1. The van der Waals surface area contributed by atoms with Crippen LogP contribution in [0.25, 0.3) is 0 Å². The molecule has 2 aromatic rings. The first-order valence-corrected chi connectivity index (χ1v) is 6.35. The molecule has 0 aliphatic rings. The molecule has 1 N–H and O–H groups in total. The largest absolute Gasteiger partial charge is 0.497 e. The second kappa shape index (κ2) is 6.21. The van der Waals surface area contributed by atoms with E-state index in [-0.39, 0.29) is 6.04 Å². The predicted octanol–water partition coefficient (Wildman–Crippen LogP) is 3.92. The second-order valence-corrected chi connectivity index (χ2v) is 4.56. The molecule has 0 saturated carbocycles. The molecule has 110 valence electrons. The minimum Gasteiger partial charge on any atom is -0.497 e. The Kier molecular flexibility index (Phi) is 4.37. The van der Waals surface area contributed by atoms with Gasteiger partial charge in [-0.15, -0.1) is 0 Å². The number of anilines is 1. The van der Waals surface area contributed by atoms with Gasteiger partial charge in [-0.2, -0.15) is 4.39 Å². The van der Waals surface area contributed by atoms with Gasteiger partial charge < -0.3 is 10.1 Å². The van der Waals surface area contributed by atoms with Crippen molar-refractivity contribution in [3.05, 3.63) is 64.0 Å². The molecule has 2 aromatic carbocycles. The number of nitro benzene ring substituents is 1. The van der Waals surface area contributed by atoms with Gasteiger partial charge in [-0.1, -0.05) is 12.1 Å². The summed E-state index contributed by atoms with van der Waals surface area (Å²) in [6, 6.07) is 11.1. The number of rotatable bonds is 5. The summed E-state index contributed by atoms with van der Waals surface area (Å²) in [5, 5.41) is 13.8. The molecule has 0 bridgehead atoms. The lowest BCUT2D eigenvalue weighted by Crippen LogP contribution is -2.07. The van der Waals surface area contributed by atoms with Crippen LogP contribution in [0.3, 0.4) is 0 Å². The topological polar surface area (TPSA) is 64.4 Å². The van der Waals surface area contributed by atoms with Gasteiger partial charge in [0.25, 0.3) is 0 Å². The van der Waals surface area contributed by atoms with E-state index in [1.54, 1.807) is 7.11 Å². The van der Waals surface area contributed by atoms with E-state index >= 15 is 0 Å². The standard InChI is InChI=1S/C15H15FN2O3/c1-10(11-3-6-13(21-2)7-4-11)17-12-5-8-14(16)15(9-12)18(19)20/h3-10,17H,1-2H3. The van der Waals surface area contributed by atoms with E-state index in [1.165, 1.54) is 12.1 Å². The maximum absolute atomic E-state index is 13.3. The number of halogens is 1. The van der Waals surface area contributed by atoms with Crippen molar-refractivity contribution < 1.29 is 14.1 Å². The Hall–Kier alpha value is -2.63. The minimum atomic E-state index is -0.845. The fraction of sp³-hybridized carbons (Fsp3) is 0.200. The van der Waals surface area contributed by atoms with Gasteiger partial charge in [-0.3, -0.25) is 10.1 Å². The molecule has 0 fully saturated rings. The van der Waals surface area contributed by atoms with Crippen LogP contribution in [0.4, 0.5) is 15.8 Å². The van der Waals surface area contributed by atoms with E-state index in [4.69, 9.17) is 4.74 Å². The first-order valence-electron chi connectivity index (χ1n) is 6.35. The lowest BCUT2D eigenvalue weighted by molar-refractivity contribution is -0.387. The van der Waals surface area contributed by atoms with E-state index in [1.807, 2.05) is 31.2 Å². The Morgan fingerprint density at radius 3 is 2.48 bits per heavy atom. The summed E-state index contributed by atoms with van der Waals surface area (Å²) in [5.41, 5.74) is 0.941. The predicted molar refractivity (Wildman–Crippen MR) is 78.1 cm³/mol. The number of nitro groups is 1. The first-order chi connectivity index (χ1) is 10.0. The van der Waals surface area contributed by atoms with Crippen LogP contribution in [-0.2, 0) is 0 Å². The van der Waals surface area contributed by atoms with Gasteiger partial charge in [0.15, 0.2) is 0 Å². The molecular weight excluding hydrogens is 275 g/mol.